The molecule has 4 nitrogen and oxygen atoms in total. The second-order valence-electron chi connectivity index (χ2n) is 5.69. The van der Waals surface area contributed by atoms with Gasteiger partial charge in [0.15, 0.2) is 0 Å². The van der Waals surface area contributed by atoms with E-state index >= 15 is 0 Å². The molecule has 0 aliphatic heterocycles. The van der Waals surface area contributed by atoms with Gasteiger partial charge in [-0.15, -0.1) is 0 Å². The maximum absolute atomic E-state index is 12.1. The predicted molar refractivity (Wildman–Crippen MR) is 84.7 cm³/mol. The Balaban J connectivity index is 2.68. The van der Waals surface area contributed by atoms with Crippen molar-refractivity contribution < 1.29 is 9.53 Å². The first-order valence-corrected chi connectivity index (χ1v) is 7.37. The minimum atomic E-state index is -0.316. The van der Waals surface area contributed by atoms with Crippen molar-refractivity contribution in [3.8, 4) is 5.75 Å². The highest BCUT2D eigenvalue weighted by Gasteiger charge is 2.17. The molecule has 0 aliphatic rings. The highest BCUT2D eigenvalue weighted by Crippen LogP contribution is 2.24. The number of carbonyl (C=O) groups excluding carboxylic acids is 1. The van der Waals surface area contributed by atoms with Crippen molar-refractivity contribution in [2.24, 2.45) is 5.73 Å². The van der Waals surface area contributed by atoms with E-state index < -0.39 is 0 Å². The lowest BCUT2D eigenvalue weighted by molar-refractivity contribution is -0.130. The number of halogens is 1. The van der Waals surface area contributed by atoms with Gasteiger partial charge in [-0.1, -0.05) is 15.9 Å². The van der Waals surface area contributed by atoms with Crippen LogP contribution in [-0.4, -0.2) is 30.5 Å². The number of hydrogen-bond acceptors (Lipinski definition) is 3. The maximum Gasteiger partial charge on any atom is 0.222 e. The Labute approximate surface area is 129 Å². The van der Waals surface area contributed by atoms with E-state index in [1.54, 1.807) is 19.1 Å². The second kappa shape index (κ2) is 7.09. The molecule has 1 amide bonds. The first-order valence-electron chi connectivity index (χ1n) is 6.58. The summed E-state index contributed by atoms with van der Waals surface area (Å²) in [5, 5.41) is 0. The van der Waals surface area contributed by atoms with Crippen LogP contribution in [0.15, 0.2) is 22.7 Å². The molecule has 0 saturated heterocycles. The molecule has 1 aromatic rings. The van der Waals surface area contributed by atoms with Crippen LogP contribution in [0.1, 0.15) is 32.3 Å². The minimum absolute atomic E-state index is 0.0885. The maximum atomic E-state index is 12.1. The molecule has 0 aromatic heterocycles. The van der Waals surface area contributed by atoms with Gasteiger partial charge in [0.25, 0.3) is 0 Å². The number of hydrogen-bond donors (Lipinski definition) is 1. The molecular weight excluding hydrogens is 320 g/mol. The van der Waals surface area contributed by atoms with Gasteiger partial charge in [0.05, 0.1) is 7.11 Å². The number of nitrogens with zero attached hydrogens (tertiary/aromatic N) is 1. The van der Waals surface area contributed by atoms with E-state index in [0.717, 1.165) is 15.8 Å². The molecule has 0 atom stereocenters. The lowest BCUT2D eigenvalue weighted by Gasteiger charge is -2.22. The molecule has 0 spiro atoms. The first-order chi connectivity index (χ1) is 9.23. The van der Waals surface area contributed by atoms with Gasteiger partial charge in [-0.25, -0.2) is 0 Å². The fourth-order valence-electron chi connectivity index (χ4n) is 1.83. The number of carbonyl (C=O) groups is 1. The molecule has 0 fully saturated rings. The van der Waals surface area contributed by atoms with E-state index in [4.69, 9.17) is 10.5 Å². The third-order valence-electron chi connectivity index (χ3n) is 3.06. The summed E-state index contributed by atoms with van der Waals surface area (Å²) in [4.78, 5) is 13.8. The molecule has 1 rings (SSSR count). The lowest BCUT2D eigenvalue weighted by Crippen LogP contribution is -2.34. The molecule has 5 heteroatoms. The normalized spacial score (nSPS) is 11.3. The standard InChI is InChI=1S/C15H23BrN2O2/c1-15(2,17)8-7-14(19)18(3)10-11-9-12(16)5-6-13(11)20-4/h5-6,9H,7-8,10,17H2,1-4H3. The Morgan fingerprint density at radius 1 is 1.45 bits per heavy atom. The van der Waals surface area contributed by atoms with E-state index in [9.17, 15) is 4.79 Å². The van der Waals surface area contributed by atoms with E-state index in [0.29, 0.717) is 19.4 Å². The number of methoxy groups -OCH3 is 1. The lowest BCUT2D eigenvalue weighted by atomic mass is 10.00. The van der Waals surface area contributed by atoms with Crippen LogP contribution in [0.2, 0.25) is 0 Å². The van der Waals surface area contributed by atoms with E-state index in [1.165, 1.54) is 0 Å². The minimum Gasteiger partial charge on any atom is -0.496 e. The zero-order valence-electron chi connectivity index (χ0n) is 12.6. The first kappa shape index (κ1) is 17.0. The van der Waals surface area contributed by atoms with Gasteiger partial charge in [-0.2, -0.15) is 0 Å². The number of amides is 1. The summed E-state index contributed by atoms with van der Waals surface area (Å²) in [6.45, 7) is 4.38. The molecule has 0 unspecified atom stereocenters. The largest absolute Gasteiger partial charge is 0.496 e. The van der Waals surface area contributed by atoms with E-state index in [1.807, 2.05) is 32.0 Å². The topological polar surface area (TPSA) is 55.6 Å². The fraction of sp³-hybridized carbons (Fsp3) is 0.533. The summed E-state index contributed by atoms with van der Waals surface area (Å²) >= 11 is 3.43. The van der Waals surface area contributed by atoms with Crippen LogP contribution >= 0.6 is 15.9 Å². The second-order valence-corrected chi connectivity index (χ2v) is 6.61. The molecule has 0 radical (unpaired) electrons. The fourth-order valence-corrected chi connectivity index (χ4v) is 2.24. The summed E-state index contributed by atoms with van der Waals surface area (Å²) in [5.74, 6) is 0.873. The van der Waals surface area contributed by atoms with Crippen LogP contribution in [0.25, 0.3) is 0 Å². The summed E-state index contributed by atoms with van der Waals surface area (Å²) < 4.78 is 6.29. The summed E-state index contributed by atoms with van der Waals surface area (Å²) in [6, 6.07) is 5.78. The van der Waals surface area contributed by atoms with Crippen LogP contribution in [0.5, 0.6) is 5.75 Å². The van der Waals surface area contributed by atoms with Gasteiger partial charge >= 0.3 is 0 Å². The van der Waals surface area contributed by atoms with E-state index in [2.05, 4.69) is 15.9 Å². The summed E-state index contributed by atoms with van der Waals surface area (Å²) in [5.41, 5.74) is 6.57. The van der Waals surface area contributed by atoms with Crippen LogP contribution in [0.3, 0.4) is 0 Å². The van der Waals surface area contributed by atoms with Crippen LogP contribution < -0.4 is 10.5 Å². The van der Waals surface area contributed by atoms with Crippen LogP contribution in [-0.2, 0) is 11.3 Å². The average Bonchev–Trinajstić information content (AvgIpc) is 2.35. The van der Waals surface area contributed by atoms with Crippen molar-refractivity contribution in [3.63, 3.8) is 0 Å². The third-order valence-corrected chi connectivity index (χ3v) is 3.55. The van der Waals surface area contributed by atoms with Gasteiger partial charge in [-0.3, -0.25) is 4.79 Å². The highest BCUT2D eigenvalue weighted by molar-refractivity contribution is 9.10. The average molecular weight is 343 g/mol. The molecule has 20 heavy (non-hydrogen) atoms. The Morgan fingerprint density at radius 3 is 2.65 bits per heavy atom. The van der Waals surface area contributed by atoms with Gasteiger partial charge < -0.3 is 15.4 Å². The van der Waals surface area contributed by atoms with Gasteiger partial charge in [0.2, 0.25) is 5.91 Å². The number of ether oxygens (including phenoxy) is 1. The number of nitrogens with two attached hydrogens (primary N) is 1. The van der Waals surface area contributed by atoms with Crippen LogP contribution in [0, 0.1) is 0 Å². The zero-order valence-corrected chi connectivity index (χ0v) is 14.2. The zero-order chi connectivity index (χ0) is 15.3. The van der Waals surface area contributed by atoms with Gasteiger partial charge in [0, 0.05) is 35.6 Å². The molecule has 1 aromatic carbocycles. The number of benzene rings is 1. The van der Waals surface area contributed by atoms with Crippen molar-refractivity contribution in [2.75, 3.05) is 14.2 Å². The van der Waals surface area contributed by atoms with Crippen molar-refractivity contribution >= 4 is 21.8 Å². The smallest absolute Gasteiger partial charge is 0.222 e. The molecular formula is C15H23BrN2O2. The molecule has 112 valence electrons. The monoisotopic (exact) mass is 342 g/mol. The summed E-state index contributed by atoms with van der Waals surface area (Å²) in [7, 11) is 3.43. The Bertz CT molecular complexity index is 469. The molecule has 0 saturated carbocycles. The SMILES string of the molecule is COc1ccc(Br)cc1CN(C)C(=O)CCC(C)(C)N. The molecule has 0 aliphatic carbocycles. The third kappa shape index (κ3) is 5.51. The van der Waals surface area contributed by atoms with Crippen molar-refractivity contribution in [3.05, 3.63) is 28.2 Å². The Morgan fingerprint density at radius 2 is 2.10 bits per heavy atom. The molecule has 2 N–H and O–H groups in total. The van der Waals surface area contributed by atoms with Crippen molar-refractivity contribution in [1.82, 2.24) is 4.90 Å². The Hall–Kier alpha value is -1.07. The predicted octanol–water partition coefficient (Wildman–Crippen LogP) is 2.93. The molecule has 0 heterocycles. The van der Waals surface area contributed by atoms with Gasteiger partial charge in [-0.05, 0) is 38.5 Å². The quantitative estimate of drug-likeness (QED) is 0.864. The highest BCUT2D eigenvalue weighted by atomic mass is 79.9. The molecule has 0 bridgehead atoms. The van der Waals surface area contributed by atoms with Crippen molar-refractivity contribution in [1.29, 1.82) is 0 Å². The van der Waals surface area contributed by atoms with E-state index in [-0.39, 0.29) is 11.4 Å². The summed E-state index contributed by atoms with van der Waals surface area (Å²) in [6.07, 6.45) is 1.13. The number of rotatable bonds is 6. The van der Waals surface area contributed by atoms with Crippen LogP contribution in [0.4, 0.5) is 0 Å². The van der Waals surface area contributed by atoms with Crippen molar-refractivity contribution in [2.45, 2.75) is 38.8 Å². The Kier molecular flexibility index (Phi) is 6.02. The van der Waals surface area contributed by atoms with Gasteiger partial charge in [0.1, 0.15) is 5.75 Å².